The maximum atomic E-state index is 12.5. The topological polar surface area (TPSA) is 76.9 Å². The van der Waals surface area contributed by atoms with Crippen LogP contribution in [0.3, 0.4) is 0 Å². The molecular weight excluding hydrogens is 388 g/mol. The van der Waals surface area contributed by atoms with Crippen molar-refractivity contribution in [3.8, 4) is 11.4 Å². The maximum absolute atomic E-state index is 12.5. The van der Waals surface area contributed by atoms with Gasteiger partial charge >= 0.3 is 0 Å². The van der Waals surface area contributed by atoms with E-state index >= 15 is 0 Å². The van der Waals surface area contributed by atoms with Gasteiger partial charge in [0.05, 0.1) is 0 Å². The molecule has 4 rings (SSSR count). The highest BCUT2D eigenvalue weighted by Gasteiger charge is 2.16. The van der Waals surface area contributed by atoms with Crippen molar-refractivity contribution in [1.82, 2.24) is 14.8 Å². The SMILES string of the molecule is Cc1ccc(C)c(C(=O)CCC(=O)Nc2ccc(-c3nnc4n3CCCCC4)cc2)c1. The number of rotatable bonds is 6. The third-order valence-corrected chi connectivity index (χ3v) is 5.81. The van der Waals surface area contributed by atoms with Crippen LogP contribution in [-0.4, -0.2) is 26.5 Å². The van der Waals surface area contributed by atoms with Crippen molar-refractivity contribution < 1.29 is 9.59 Å². The molecule has 0 aliphatic carbocycles. The van der Waals surface area contributed by atoms with Crippen LogP contribution in [0.5, 0.6) is 0 Å². The maximum Gasteiger partial charge on any atom is 0.224 e. The standard InChI is InChI=1S/C25H28N4O2/c1-17-7-8-18(2)21(16-17)22(30)13-14-24(31)26-20-11-9-19(10-12-20)25-28-27-23-6-4-3-5-15-29(23)25/h7-12,16H,3-6,13-15H2,1-2H3,(H,26,31). The number of aryl methyl sites for hydroxylation is 3. The molecule has 3 aromatic rings. The molecule has 31 heavy (non-hydrogen) atoms. The number of ketones is 1. The number of aromatic nitrogens is 3. The predicted octanol–water partition coefficient (Wildman–Crippen LogP) is 4.89. The van der Waals surface area contributed by atoms with Gasteiger partial charge in [0.15, 0.2) is 11.6 Å². The van der Waals surface area contributed by atoms with E-state index in [2.05, 4.69) is 20.1 Å². The molecular formula is C25H28N4O2. The van der Waals surface area contributed by atoms with Crippen LogP contribution in [0.4, 0.5) is 5.69 Å². The fourth-order valence-corrected chi connectivity index (χ4v) is 4.02. The van der Waals surface area contributed by atoms with Crippen LogP contribution in [0.1, 0.15) is 59.4 Å². The fraction of sp³-hybridized carbons (Fsp3) is 0.360. The molecule has 1 aliphatic heterocycles. The Morgan fingerprint density at radius 2 is 1.77 bits per heavy atom. The van der Waals surface area contributed by atoms with E-state index in [1.165, 1.54) is 6.42 Å². The molecule has 2 aromatic carbocycles. The van der Waals surface area contributed by atoms with Crippen molar-refractivity contribution in [3.63, 3.8) is 0 Å². The molecule has 0 atom stereocenters. The van der Waals surface area contributed by atoms with E-state index in [1.54, 1.807) is 0 Å². The molecule has 1 aromatic heterocycles. The molecule has 6 nitrogen and oxygen atoms in total. The molecule has 6 heteroatoms. The van der Waals surface area contributed by atoms with E-state index in [4.69, 9.17) is 0 Å². The van der Waals surface area contributed by atoms with Crippen molar-refractivity contribution in [2.75, 3.05) is 5.32 Å². The van der Waals surface area contributed by atoms with Gasteiger partial charge in [-0.1, -0.05) is 24.1 Å². The van der Waals surface area contributed by atoms with Crippen LogP contribution in [-0.2, 0) is 17.8 Å². The van der Waals surface area contributed by atoms with Gasteiger partial charge < -0.3 is 9.88 Å². The van der Waals surface area contributed by atoms with Crippen LogP contribution < -0.4 is 5.32 Å². The first-order valence-electron chi connectivity index (χ1n) is 10.9. The first-order chi connectivity index (χ1) is 15.0. The van der Waals surface area contributed by atoms with Gasteiger partial charge in [-0.15, -0.1) is 10.2 Å². The molecule has 1 amide bonds. The smallest absolute Gasteiger partial charge is 0.224 e. The lowest BCUT2D eigenvalue weighted by Crippen LogP contribution is -2.14. The number of carbonyl (C=O) groups is 2. The lowest BCUT2D eigenvalue weighted by atomic mass is 9.99. The first kappa shape index (κ1) is 21.0. The molecule has 160 valence electrons. The molecule has 0 saturated carbocycles. The largest absolute Gasteiger partial charge is 0.326 e. The number of benzene rings is 2. The van der Waals surface area contributed by atoms with Gasteiger partial charge in [0, 0.05) is 42.6 Å². The minimum absolute atomic E-state index is 0.000744. The minimum atomic E-state index is -0.164. The number of carbonyl (C=O) groups excluding carboxylic acids is 2. The van der Waals surface area contributed by atoms with Crippen molar-refractivity contribution in [2.24, 2.45) is 0 Å². The number of anilines is 1. The van der Waals surface area contributed by atoms with Crippen LogP contribution in [0.25, 0.3) is 11.4 Å². The van der Waals surface area contributed by atoms with E-state index in [0.29, 0.717) is 11.3 Å². The third-order valence-electron chi connectivity index (χ3n) is 5.81. The zero-order valence-corrected chi connectivity index (χ0v) is 18.1. The number of hydrogen-bond acceptors (Lipinski definition) is 4. The molecule has 1 aliphatic rings. The van der Waals surface area contributed by atoms with E-state index in [1.807, 2.05) is 56.3 Å². The van der Waals surface area contributed by atoms with Gasteiger partial charge in [-0.2, -0.15) is 0 Å². The summed E-state index contributed by atoms with van der Waals surface area (Å²) in [6.45, 7) is 4.83. The van der Waals surface area contributed by atoms with E-state index in [0.717, 1.165) is 54.1 Å². The van der Waals surface area contributed by atoms with Gasteiger partial charge in [0.25, 0.3) is 0 Å². The van der Waals surface area contributed by atoms with Crippen molar-refractivity contribution in [3.05, 3.63) is 65.0 Å². The summed E-state index contributed by atoms with van der Waals surface area (Å²) >= 11 is 0. The van der Waals surface area contributed by atoms with Gasteiger partial charge in [-0.05, 0) is 62.6 Å². The Morgan fingerprint density at radius 3 is 2.58 bits per heavy atom. The van der Waals surface area contributed by atoms with Crippen LogP contribution >= 0.6 is 0 Å². The summed E-state index contributed by atoms with van der Waals surface area (Å²) in [6, 6.07) is 13.5. The van der Waals surface area contributed by atoms with E-state index in [-0.39, 0.29) is 24.5 Å². The van der Waals surface area contributed by atoms with Crippen LogP contribution in [0, 0.1) is 13.8 Å². The first-order valence-corrected chi connectivity index (χ1v) is 10.9. The number of nitrogens with zero attached hydrogens (tertiary/aromatic N) is 3. The number of hydrogen-bond donors (Lipinski definition) is 1. The highest BCUT2D eigenvalue weighted by molar-refractivity contribution is 6.01. The molecule has 0 fully saturated rings. The highest BCUT2D eigenvalue weighted by atomic mass is 16.2. The van der Waals surface area contributed by atoms with Crippen molar-refractivity contribution in [2.45, 2.75) is 58.9 Å². The quantitative estimate of drug-likeness (QED) is 0.581. The summed E-state index contributed by atoms with van der Waals surface area (Å²) in [5.41, 5.74) is 4.39. The summed E-state index contributed by atoms with van der Waals surface area (Å²) in [7, 11) is 0. The van der Waals surface area contributed by atoms with Crippen molar-refractivity contribution in [1.29, 1.82) is 0 Å². The van der Waals surface area contributed by atoms with E-state index in [9.17, 15) is 9.59 Å². The lowest BCUT2D eigenvalue weighted by molar-refractivity contribution is -0.116. The van der Waals surface area contributed by atoms with Gasteiger partial charge in [-0.3, -0.25) is 9.59 Å². The van der Waals surface area contributed by atoms with Gasteiger partial charge in [0.2, 0.25) is 5.91 Å². The molecule has 0 saturated heterocycles. The van der Waals surface area contributed by atoms with Crippen LogP contribution in [0.2, 0.25) is 0 Å². The summed E-state index contributed by atoms with van der Waals surface area (Å²) in [6.07, 6.45) is 4.86. The van der Waals surface area contributed by atoms with Crippen molar-refractivity contribution >= 4 is 17.4 Å². The Kier molecular flexibility index (Phi) is 6.26. The van der Waals surface area contributed by atoms with Crippen LogP contribution in [0.15, 0.2) is 42.5 Å². The zero-order chi connectivity index (χ0) is 21.8. The molecule has 1 N–H and O–H groups in total. The Balaban J connectivity index is 1.36. The van der Waals surface area contributed by atoms with Gasteiger partial charge in [0.1, 0.15) is 5.82 Å². The number of nitrogens with one attached hydrogen (secondary N) is 1. The Hall–Kier alpha value is -3.28. The van der Waals surface area contributed by atoms with Gasteiger partial charge in [-0.25, -0.2) is 0 Å². The third kappa shape index (κ3) is 4.90. The summed E-state index contributed by atoms with van der Waals surface area (Å²) in [4.78, 5) is 24.9. The molecule has 0 unspecified atom stereocenters. The second kappa shape index (κ2) is 9.25. The normalized spacial score (nSPS) is 13.4. The molecule has 0 spiro atoms. The highest BCUT2D eigenvalue weighted by Crippen LogP contribution is 2.24. The summed E-state index contributed by atoms with van der Waals surface area (Å²) < 4.78 is 2.21. The zero-order valence-electron chi connectivity index (χ0n) is 18.1. The average Bonchev–Trinajstić information content (AvgIpc) is 3.02. The monoisotopic (exact) mass is 416 g/mol. The second-order valence-corrected chi connectivity index (χ2v) is 8.27. The lowest BCUT2D eigenvalue weighted by Gasteiger charge is -2.09. The number of Topliss-reactive ketones (excluding diaryl/α,β-unsaturated/α-hetero) is 1. The summed E-state index contributed by atoms with van der Waals surface area (Å²) in [5.74, 6) is 1.77. The predicted molar refractivity (Wildman–Crippen MR) is 121 cm³/mol. The minimum Gasteiger partial charge on any atom is -0.326 e. The Bertz CT molecular complexity index is 1100. The number of amides is 1. The molecule has 0 radical (unpaired) electrons. The summed E-state index contributed by atoms with van der Waals surface area (Å²) in [5, 5.41) is 11.6. The Morgan fingerprint density at radius 1 is 0.968 bits per heavy atom. The number of fused-ring (bicyclic) bond motifs is 1. The Labute approximate surface area is 182 Å². The van der Waals surface area contributed by atoms with E-state index < -0.39 is 0 Å². The molecule has 0 bridgehead atoms. The molecule has 2 heterocycles. The fourth-order valence-electron chi connectivity index (χ4n) is 4.02. The average molecular weight is 417 g/mol. The second-order valence-electron chi connectivity index (χ2n) is 8.27.